The van der Waals surface area contributed by atoms with Gasteiger partial charge >= 0.3 is 5.97 Å². The van der Waals surface area contributed by atoms with Crippen LogP contribution in [0.15, 0.2) is 84.9 Å². The molecule has 5 rings (SSSR count). The third kappa shape index (κ3) is 6.80. The Kier molecular flexibility index (Phi) is 8.23. The highest BCUT2D eigenvalue weighted by molar-refractivity contribution is 6.30. The molecular weight excluding hydrogens is 480 g/mol. The molecule has 4 heteroatoms. The van der Waals surface area contributed by atoms with Gasteiger partial charge in [-0.2, -0.15) is 0 Å². The van der Waals surface area contributed by atoms with Crippen molar-refractivity contribution in [3.63, 3.8) is 0 Å². The number of esters is 1. The minimum Gasteiger partial charge on any atom is -0.425 e. The summed E-state index contributed by atoms with van der Waals surface area (Å²) in [5.74, 6) is 0.229. The number of ether oxygens (including phenoxy) is 2. The van der Waals surface area contributed by atoms with Gasteiger partial charge in [0.1, 0.15) is 11.9 Å². The van der Waals surface area contributed by atoms with Crippen LogP contribution >= 0.6 is 11.6 Å². The Morgan fingerprint density at radius 1 is 0.811 bits per heavy atom. The van der Waals surface area contributed by atoms with Gasteiger partial charge in [0, 0.05) is 5.02 Å². The van der Waals surface area contributed by atoms with Crippen molar-refractivity contribution in [2.75, 3.05) is 0 Å². The fourth-order valence-electron chi connectivity index (χ4n) is 4.97. The summed E-state index contributed by atoms with van der Waals surface area (Å²) in [6, 6.07) is 28.4. The van der Waals surface area contributed by atoms with Crippen LogP contribution in [-0.2, 0) is 22.4 Å². The molecule has 2 unspecified atom stereocenters. The van der Waals surface area contributed by atoms with Gasteiger partial charge in [-0.05, 0) is 84.3 Å². The Bertz CT molecular complexity index is 1360. The molecule has 0 radical (unpaired) electrons. The van der Waals surface area contributed by atoms with Crippen molar-refractivity contribution in [3.8, 4) is 5.75 Å². The maximum atomic E-state index is 12.8. The molecule has 2 atom stereocenters. The highest BCUT2D eigenvalue weighted by atomic mass is 35.5. The first-order valence-corrected chi connectivity index (χ1v) is 13.6. The molecule has 1 fully saturated rings. The molecule has 1 heterocycles. The average Bonchev–Trinajstić information content (AvgIpc) is 3.71. The molecule has 0 bridgehead atoms. The van der Waals surface area contributed by atoms with Gasteiger partial charge in [-0.25, -0.2) is 4.79 Å². The summed E-state index contributed by atoms with van der Waals surface area (Å²) in [5, 5.41) is 2.96. The molecule has 37 heavy (non-hydrogen) atoms. The first kappa shape index (κ1) is 25.5. The number of aryl methyl sites for hydroxylation is 3. The Labute approximate surface area is 224 Å². The Hall–Kier alpha value is -3.14. The quantitative estimate of drug-likeness (QED) is 0.0873. The van der Waals surface area contributed by atoms with E-state index < -0.39 is 6.10 Å². The number of epoxide rings is 1. The molecular formula is C33H33ClO3. The number of carbonyl (C=O) groups excluding carboxylic acids is 1. The lowest BCUT2D eigenvalue weighted by molar-refractivity contribution is -0.135. The topological polar surface area (TPSA) is 38.8 Å². The van der Waals surface area contributed by atoms with Gasteiger partial charge in [0.25, 0.3) is 0 Å². The molecule has 4 aromatic rings. The number of fused-ring (bicyclic) bond motifs is 1. The summed E-state index contributed by atoms with van der Waals surface area (Å²) in [4.78, 5) is 12.8. The van der Waals surface area contributed by atoms with E-state index in [9.17, 15) is 4.79 Å². The minimum absolute atomic E-state index is 0.220. The van der Waals surface area contributed by atoms with Crippen LogP contribution in [0.4, 0.5) is 0 Å². The molecule has 1 saturated heterocycles. The molecule has 0 N–H and O–H groups in total. The maximum Gasteiger partial charge on any atom is 0.343 e. The lowest BCUT2D eigenvalue weighted by Crippen LogP contribution is -2.16. The Balaban J connectivity index is 1.10. The zero-order chi connectivity index (χ0) is 25.6. The second-order valence-corrected chi connectivity index (χ2v) is 10.4. The van der Waals surface area contributed by atoms with Crippen molar-refractivity contribution >= 4 is 28.3 Å². The highest BCUT2D eigenvalue weighted by Crippen LogP contribution is 2.42. The largest absolute Gasteiger partial charge is 0.425 e. The molecule has 190 valence electrons. The van der Waals surface area contributed by atoms with Crippen LogP contribution in [-0.4, -0.2) is 12.1 Å². The van der Waals surface area contributed by atoms with Gasteiger partial charge in [-0.15, -0.1) is 0 Å². The lowest BCUT2D eigenvalue weighted by Gasteiger charge is -2.09. The van der Waals surface area contributed by atoms with Crippen molar-refractivity contribution in [2.24, 2.45) is 0 Å². The summed E-state index contributed by atoms with van der Waals surface area (Å²) in [5.41, 5.74) is 4.94. The van der Waals surface area contributed by atoms with Crippen molar-refractivity contribution in [1.29, 1.82) is 0 Å². The van der Waals surface area contributed by atoms with Crippen molar-refractivity contribution in [2.45, 2.75) is 64.1 Å². The van der Waals surface area contributed by atoms with E-state index in [0.29, 0.717) is 5.75 Å². The van der Waals surface area contributed by atoms with E-state index in [2.05, 4.69) is 37.3 Å². The van der Waals surface area contributed by atoms with Crippen molar-refractivity contribution in [3.05, 3.63) is 112 Å². The third-order valence-electron chi connectivity index (χ3n) is 7.10. The van der Waals surface area contributed by atoms with Gasteiger partial charge in [-0.3, -0.25) is 0 Å². The Morgan fingerprint density at radius 3 is 2.35 bits per heavy atom. The zero-order valence-corrected chi connectivity index (χ0v) is 22.0. The van der Waals surface area contributed by atoms with E-state index in [1.807, 2.05) is 54.6 Å². The number of unbranched alkanes of at least 4 members (excludes halogenated alkanes) is 4. The fraction of sp³-hybridized carbons (Fsp3) is 0.303. The monoisotopic (exact) mass is 512 g/mol. The second kappa shape index (κ2) is 11.9. The van der Waals surface area contributed by atoms with Crippen molar-refractivity contribution < 1.29 is 14.3 Å². The van der Waals surface area contributed by atoms with Gasteiger partial charge < -0.3 is 9.47 Å². The molecule has 1 aliphatic rings. The van der Waals surface area contributed by atoms with Gasteiger partial charge in [-0.1, -0.05) is 97.1 Å². The van der Waals surface area contributed by atoms with E-state index in [0.717, 1.165) is 40.6 Å². The summed E-state index contributed by atoms with van der Waals surface area (Å²) >= 11 is 5.97. The van der Waals surface area contributed by atoms with Crippen LogP contribution in [0.5, 0.6) is 5.75 Å². The number of hydrogen-bond acceptors (Lipinski definition) is 3. The lowest BCUT2D eigenvalue weighted by atomic mass is 9.95. The first-order valence-electron chi connectivity index (χ1n) is 13.3. The van der Waals surface area contributed by atoms with E-state index >= 15 is 0 Å². The summed E-state index contributed by atoms with van der Waals surface area (Å²) < 4.78 is 11.5. The maximum absolute atomic E-state index is 12.8. The van der Waals surface area contributed by atoms with E-state index in [1.165, 1.54) is 42.4 Å². The molecule has 4 aromatic carbocycles. The van der Waals surface area contributed by atoms with Crippen LogP contribution in [0.25, 0.3) is 10.8 Å². The van der Waals surface area contributed by atoms with Crippen LogP contribution in [0.3, 0.4) is 0 Å². The van der Waals surface area contributed by atoms with Gasteiger partial charge in [0.2, 0.25) is 0 Å². The van der Waals surface area contributed by atoms with Crippen LogP contribution < -0.4 is 4.74 Å². The predicted octanol–water partition coefficient (Wildman–Crippen LogP) is 8.58. The third-order valence-corrected chi connectivity index (χ3v) is 7.35. The van der Waals surface area contributed by atoms with Crippen LogP contribution in [0.2, 0.25) is 5.02 Å². The Morgan fingerprint density at radius 2 is 1.54 bits per heavy atom. The minimum atomic E-state index is -0.542. The van der Waals surface area contributed by atoms with Crippen LogP contribution in [0.1, 0.15) is 60.5 Å². The van der Waals surface area contributed by atoms with Crippen molar-refractivity contribution in [1.82, 2.24) is 0 Å². The number of carbonyl (C=O) groups is 1. The summed E-state index contributed by atoms with van der Waals surface area (Å²) in [6.07, 6.45) is 7.35. The number of hydrogen-bond donors (Lipinski definition) is 0. The highest BCUT2D eigenvalue weighted by Gasteiger charge is 2.48. The normalized spacial score (nSPS) is 16.6. The molecule has 3 nitrogen and oxygen atoms in total. The van der Waals surface area contributed by atoms with Gasteiger partial charge in [0.05, 0.1) is 0 Å². The average molecular weight is 513 g/mol. The molecule has 0 spiro atoms. The molecule has 0 amide bonds. The van der Waals surface area contributed by atoms with E-state index in [-0.39, 0.29) is 12.1 Å². The zero-order valence-electron chi connectivity index (χ0n) is 21.3. The summed E-state index contributed by atoms with van der Waals surface area (Å²) in [6.45, 7) is 2.08. The van der Waals surface area contributed by atoms with Crippen LogP contribution in [0, 0.1) is 6.92 Å². The molecule has 0 aromatic heterocycles. The standard InChI is InChI=1S/C33H33ClO3/c1-23-13-16-26(11-6-4-2-3-5-9-24-14-18-28(34)19-15-24)30(21-23)31-32(37-31)33(35)36-29-20-17-25-10-7-8-12-27(25)22-29/h7-8,10,12-22,31-32H,2-6,9,11H2,1H3. The van der Waals surface area contributed by atoms with E-state index in [4.69, 9.17) is 21.1 Å². The SMILES string of the molecule is Cc1ccc(CCCCCCCc2ccc(Cl)cc2)c(C2OC2C(=O)Oc2ccc3ccccc3c2)c1. The smallest absolute Gasteiger partial charge is 0.343 e. The van der Waals surface area contributed by atoms with Gasteiger partial charge in [0.15, 0.2) is 6.10 Å². The predicted molar refractivity (Wildman–Crippen MR) is 150 cm³/mol. The number of benzene rings is 4. The second-order valence-electron chi connectivity index (χ2n) is 10.0. The fourth-order valence-corrected chi connectivity index (χ4v) is 5.09. The van der Waals surface area contributed by atoms with E-state index in [1.54, 1.807) is 0 Å². The molecule has 1 aliphatic heterocycles. The molecule has 0 saturated carbocycles. The number of rotatable bonds is 11. The number of halogens is 1. The molecule has 0 aliphatic carbocycles. The summed E-state index contributed by atoms with van der Waals surface area (Å²) in [7, 11) is 0. The first-order chi connectivity index (χ1) is 18.1.